The molecule has 2 aromatic heterocycles. The maximum absolute atomic E-state index is 11.1. The number of aromatic nitrogens is 2. The van der Waals surface area contributed by atoms with Crippen molar-refractivity contribution in [1.29, 1.82) is 0 Å². The van der Waals surface area contributed by atoms with Crippen molar-refractivity contribution in [3.05, 3.63) is 120 Å². The number of hydrogen-bond donors (Lipinski definition) is 4. The molecule has 0 unspecified atom stereocenters. The average molecular weight is 609 g/mol. The number of aromatic carboxylic acids is 2. The number of nitrogens with one attached hydrogen (secondary N) is 2. The highest BCUT2D eigenvalue weighted by Crippen LogP contribution is 2.40. The molecule has 0 atom stereocenters. The third-order valence-corrected chi connectivity index (χ3v) is 8.38. The van der Waals surface area contributed by atoms with Gasteiger partial charge in [0.2, 0.25) is 0 Å². The van der Waals surface area contributed by atoms with E-state index in [4.69, 9.17) is 34.6 Å². The van der Waals surface area contributed by atoms with Gasteiger partial charge in [0.15, 0.2) is 0 Å². The molecule has 0 bridgehead atoms. The summed E-state index contributed by atoms with van der Waals surface area (Å²) in [5.74, 6) is -2.00. The molecule has 4 aromatic rings. The van der Waals surface area contributed by atoms with Gasteiger partial charge in [-0.15, -0.1) is 0 Å². The van der Waals surface area contributed by atoms with E-state index in [0.717, 1.165) is 11.1 Å². The zero-order valence-corrected chi connectivity index (χ0v) is 24.2. The van der Waals surface area contributed by atoms with E-state index in [-0.39, 0.29) is 11.1 Å². The van der Waals surface area contributed by atoms with Gasteiger partial charge in [-0.3, -0.25) is 9.97 Å². The molecule has 0 aliphatic carbocycles. The Balaban J connectivity index is 0.000000220. The number of carboxylic acids is 2. The summed E-state index contributed by atoms with van der Waals surface area (Å²) in [6, 6.07) is 21.0. The molecule has 0 spiro atoms. The molecule has 0 aliphatic rings. The van der Waals surface area contributed by atoms with Gasteiger partial charge >= 0.3 is 11.9 Å². The first-order valence-electron chi connectivity index (χ1n) is 11.7. The number of rotatable bonds is 9. The van der Waals surface area contributed by atoms with Gasteiger partial charge in [0.05, 0.1) is 11.1 Å². The fraction of sp³-hybridized carbons (Fsp3) is 0.0714. The number of carbonyl (C=O) groups is 2. The van der Waals surface area contributed by atoms with Gasteiger partial charge in [0.25, 0.3) is 0 Å². The molecule has 204 valence electrons. The summed E-state index contributed by atoms with van der Waals surface area (Å²) in [4.78, 5) is 32.4. The van der Waals surface area contributed by atoms with Crippen molar-refractivity contribution in [2.45, 2.75) is 22.9 Å². The molecular formula is C28H24N4O4S4. The topological polar surface area (TPSA) is 124 Å². The van der Waals surface area contributed by atoms with Crippen molar-refractivity contribution in [1.82, 2.24) is 20.6 Å². The zero-order valence-electron chi connectivity index (χ0n) is 20.9. The molecule has 8 nitrogen and oxygen atoms in total. The van der Waals surface area contributed by atoms with E-state index in [9.17, 15) is 9.59 Å². The van der Waals surface area contributed by atoms with Crippen LogP contribution in [0.3, 0.4) is 0 Å². The summed E-state index contributed by atoms with van der Waals surface area (Å²) < 4.78 is 0. The van der Waals surface area contributed by atoms with Gasteiger partial charge in [0.1, 0.15) is 9.98 Å². The van der Waals surface area contributed by atoms with E-state index in [1.807, 2.05) is 24.3 Å². The molecular weight excluding hydrogens is 585 g/mol. The number of benzene rings is 2. The Kier molecular flexibility index (Phi) is 12.5. The van der Waals surface area contributed by atoms with E-state index in [0.29, 0.717) is 32.9 Å². The van der Waals surface area contributed by atoms with E-state index < -0.39 is 11.9 Å². The number of pyridine rings is 2. The predicted octanol–water partition coefficient (Wildman–Crippen LogP) is 5.89. The lowest BCUT2D eigenvalue weighted by Gasteiger charge is -2.11. The molecule has 4 N–H and O–H groups in total. The first-order chi connectivity index (χ1) is 19.3. The molecule has 0 saturated heterocycles. The van der Waals surface area contributed by atoms with Gasteiger partial charge in [-0.1, -0.05) is 70.3 Å². The van der Waals surface area contributed by atoms with Crippen LogP contribution >= 0.6 is 46.0 Å². The first-order valence-corrected chi connectivity index (χ1v) is 14.6. The van der Waals surface area contributed by atoms with E-state index in [2.05, 4.69) is 20.6 Å². The molecule has 0 fully saturated rings. The van der Waals surface area contributed by atoms with Crippen LogP contribution in [0.4, 0.5) is 0 Å². The van der Waals surface area contributed by atoms with Crippen molar-refractivity contribution in [2.75, 3.05) is 0 Å². The van der Waals surface area contributed by atoms with Crippen molar-refractivity contribution in [3.63, 3.8) is 0 Å². The van der Waals surface area contributed by atoms with E-state index in [1.54, 1.807) is 61.2 Å². The maximum Gasteiger partial charge on any atom is 0.336 e. The van der Waals surface area contributed by atoms with E-state index >= 15 is 0 Å². The maximum atomic E-state index is 11.1. The molecule has 2 aromatic carbocycles. The lowest BCUT2D eigenvalue weighted by Crippen LogP contribution is -2.36. The fourth-order valence-corrected chi connectivity index (χ4v) is 5.69. The molecule has 12 heteroatoms. The third-order valence-electron chi connectivity index (χ3n) is 5.07. The second-order valence-electron chi connectivity index (χ2n) is 7.85. The Morgan fingerprint density at radius 3 is 1.32 bits per heavy atom. The molecule has 40 heavy (non-hydrogen) atoms. The van der Waals surface area contributed by atoms with Gasteiger partial charge in [-0.2, -0.15) is 0 Å². The molecule has 0 saturated carbocycles. The highest BCUT2D eigenvalue weighted by molar-refractivity contribution is 8.76. The number of thiocarbonyl (C=S) groups is 2. The standard InChI is InChI=1S/C14H14N4S2.C14H10O4S2/c19-13(17-9-11-1-5-15-6-2-11)14(20)18-10-12-3-7-16-8-4-12;15-13(16)9-5-1-3-7-11(9)19-20-12-8-4-2-6-10(12)14(17)18/h1-8H,9-10H2,(H,17,19)(H,18,20);1-8H,(H,15,16)(H,17,18). The van der Waals surface area contributed by atoms with Gasteiger partial charge in [0, 0.05) is 47.7 Å². The predicted molar refractivity (Wildman–Crippen MR) is 166 cm³/mol. The lowest BCUT2D eigenvalue weighted by molar-refractivity contribution is 0.0682. The minimum Gasteiger partial charge on any atom is -0.478 e. The zero-order chi connectivity index (χ0) is 28.7. The SMILES string of the molecule is O=C(O)c1ccccc1SSc1ccccc1C(=O)O.S=C(NCc1ccncc1)C(=S)NCc1ccncc1. The first kappa shape index (κ1) is 30.7. The summed E-state index contributed by atoms with van der Waals surface area (Å²) in [7, 11) is 2.47. The average Bonchev–Trinajstić information content (AvgIpc) is 2.99. The van der Waals surface area contributed by atoms with Gasteiger partial charge < -0.3 is 20.8 Å². The number of carboxylic acid groups (broad SMARTS) is 2. The van der Waals surface area contributed by atoms with Crippen LogP contribution in [0.15, 0.2) is 107 Å². The van der Waals surface area contributed by atoms with Gasteiger partial charge in [-0.25, -0.2) is 9.59 Å². The van der Waals surface area contributed by atoms with Crippen molar-refractivity contribution < 1.29 is 19.8 Å². The van der Waals surface area contributed by atoms with Crippen LogP contribution < -0.4 is 10.6 Å². The molecule has 4 rings (SSSR count). The monoisotopic (exact) mass is 608 g/mol. The Morgan fingerprint density at radius 2 is 0.975 bits per heavy atom. The fourth-order valence-electron chi connectivity index (χ4n) is 3.05. The lowest BCUT2D eigenvalue weighted by atomic mass is 10.2. The normalized spacial score (nSPS) is 10.0. The van der Waals surface area contributed by atoms with Crippen LogP contribution in [0, 0.1) is 0 Å². The highest BCUT2D eigenvalue weighted by Gasteiger charge is 2.13. The number of hydrogen-bond acceptors (Lipinski definition) is 8. The minimum absolute atomic E-state index is 0.206. The smallest absolute Gasteiger partial charge is 0.336 e. The number of nitrogens with zero attached hydrogens (tertiary/aromatic N) is 2. The Bertz CT molecular complexity index is 1350. The van der Waals surface area contributed by atoms with Crippen LogP contribution in [0.25, 0.3) is 0 Å². The molecule has 2 heterocycles. The van der Waals surface area contributed by atoms with E-state index in [1.165, 1.54) is 33.7 Å². The Morgan fingerprint density at radius 1 is 0.625 bits per heavy atom. The summed E-state index contributed by atoms with van der Waals surface area (Å²) in [6.07, 6.45) is 7.00. The Hall–Kier alpha value is -3.84. The summed E-state index contributed by atoms with van der Waals surface area (Å²) in [5, 5.41) is 24.4. The largest absolute Gasteiger partial charge is 0.478 e. The van der Waals surface area contributed by atoms with Crippen LogP contribution in [0.1, 0.15) is 31.8 Å². The highest BCUT2D eigenvalue weighted by atomic mass is 33.1. The second-order valence-corrected chi connectivity index (χ2v) is 10.9. The summed E-state index contributed by atoms with van der Waals surface area (Å²) in [5.41, 5.74) is 2.63. The summed E-state index contributed by atoms with van der Waals surface area (Å²) >= 11 is 10.5. The summed E-state index contributed by atoms with van der Waals surface area (Å²) in [6.45, 7) is 1.27. The van der Waals surface area contributed by atoms with Crippen molar-refractivity contribution in [3.8, 4) is 0 Å². The molecule has 0 aliphatic heterocycles. The third kappa shape index (κ3) is 10.0. The second kappa shape index (κ2) is 16.3. The van der Waals surface area contributed by atoms with Gasteiger partial charge in [-0.05, 0) is 59.7 Å². The Labute approximate surface area is 250 Å². The van der Waals surface area contributed by atoms with Crippen LogP contribution in [0.5, 0.6) is 0 Å². The van der Waals surface area contributed by atoms with Crippen LogP contribution in [-0.2, 0) is 13.1 Å². The quantitative estimate of drug-likeness (QED) is 0.134. The van der Waals surface area contributed by atoms with Crippen LogP contribution in [-0.4, -0.2) is 42.1 Å². The van der Waals surface area contributed by atoms with Crippen molar-refractivity contribution in [2.24, 2.45) is 0 Å². The van der Waals surface area contributed by atoms with Crippen LogP contribution in [0.2, 0.25) is 0 Å². The minimum atomic E-state index is -1.000. The molecule has 0 amide bonds. The van der Waals surface area contributed by atoms with Crippen molar-refractivity contribution >= 4 is 67.9 Å². The molecule has 0 radical (unpaired) electrons.